The molecule has 36 heavy (non-hydrogen) atoms. The van der Waals surface area contributed by atoms with Gasteiger partial charge in [0.05, 0.1) is 30.1 Å². The van der Waals surface area contributed by atoms with Gasteiger partial charge in [0.2, 0.25) is 0 Å². The molecular formula is C24H22Cl6N4S2. The van der Waals surface area contributed by atoms with Crippen LogP contribution in [0.4, 0.5) is 0 Å². The minimum absolute atomic E-state index is 0.173. The molecule has 0 aliphatic rings. The van der Waals surface area contributed by atoms with E-state index in [0.717, 1.165) is 61.4 Å². The van der Waals surface area contributed by atoms with E-state index in [9.17, 15) is 0 Å². The lowest BCUT2D eigenvalue weighted by Gasteiger charge is -2.17. The smallest absolute Gasteiger partial charge is 0.143 e. The number of fused-ring (bicyclic) bond motifs is 1. The van der Waals surface area contributed by atoms with Crippen molar-refractivity contribution in [3.63, 3.8) is 0 Å². The Kier molecular flexibility index (Phi) is 10.0. The number of hydrogen-bond acceptors (Lipinski definition) is 6. The van der Waals surface area contributed by atoms with Crippen LogP contribution in [0.2, 0.25) is 30.1 Å². The van der Waals surface area contributed by atoms with Gasteiger partial charge in [0.1, 0.15) is 20.0 Å². The Bertz CT molecular complexity index is 1300. The largest absolute Gasteiger partial charge is 0.150 e. The average molecular weight is 643 g/mol. The normalized spacial score (nSPS) is 11.7. The Morgan fingerprint density at radius 3 is 1.25 bits per heavy atom. The van der Waals surface area contributed by atoms with Crippen molar-refractivity contribution in [3.05, 3.63) is 40.2 Å². The molecule has 0 aliphatic heterocycles. The molecule has 0 radical (unpaired) electrons. The van der Waals surface area contributed by atoms with E-state index in [4.69, 9.17) is 69.6 Å². The van der Waals surface area contributed by atoms with Crippen LogP contribution >= 0.6 is 92.3 Å². The van der Waals surface area contributed by atoms with Gasteiger partial charge in [0, 0.05) is 34.7 Å². The van der Waals surface area contributed by atoms with Gasteiger partial charge in [-0.3, -0.25) is 0 Å². The molecule has 0 fully saturated rings. The summed E-state index contributed by atoms with van der Waals surface area (Å²) in [6.45, 7) is 4.32. The van der Waals surface area contributed by atoms with Gasteiger partial charge < -0.3 is 0 Å². The molecule has 0 saturated carbocycles. The third-order valence-electron chi connectivity index (χ3n) is 5.75. The fraction of sp³-hybridized carbons (Fsp3) is 0.417. The summed E-state index contributed by atoms with van der Waals surface area (Å²) in [6.07, 6.45) is 8.22. The zero-order valence-electron chi connectivity index (χ0n) is 19.5. The molecule has 0 atom stereocenters. The van der Waals surface area contributed by atoms with E-state index >= 15 is 0 Å². The molecule has 0 saturated heterocycles. The summed E-state index contributed by atoms with van der Waals surface area (Å²) in [7, 11) is 0. The first-order chi connectivity index (χ1) is 17.3. The van der Waals surface area contributed by atoms with Crippen LogP contribution in [-0.2, 0) is 12.8 Å². The average Bonchev–Trinajstić information content (AvgIpc) is 3.52. The third-order valence-corrected chi connectivity index (χ3v) is 10.4. The zero-order chi connectivity index (χ0) is 26.0. The monoisotopic (exact) mass is 640 g/mol. The third kappa shape index (κ3) is 5.62. The fourth-order valence-electron chi connectivity index (χ4n) is 3.91. The van der Waals surface area contributed by atoms with Gasteiger partial charge in [0.15, 0.2) is 0 Å². The highest BCUT2D eigenvalue weighted by molar-refractivity contribution is 7.15. The molecule has 12 heteroatoms. The lowest BCUT2D eigenvalue weighted by atomic mass is 9.99. The topological polar surface area (TPSA) is 51.6 Å². The highest BCUT2D eigenvalue weighted by Gasteiger charge is 2.29. The number of aryl methyl sites for hydroxylation is 2. The van der Waals surface area contributed by atoms with Crippen molar-refractivity contribution in [2.24, 2.45) is 0 Å². The van der Waals surface area contributed by atoms with Crippen molar-refractivity contribution in [1.82, 2.24) is 20.4 Å². The van der Waals surface area contributed by atoms with E-state index in [1.165, 1.54) is 22.7 Å². The minimum atomic E-state index is 0.173. The van der Waals surface area contributed by atoms with E-state index in [0.29, 0.717) is 31.9 Å². The number of rotatable bonds is 10. The molecule has 2 aromatic carbocycles. The summed E-state index contributed by atoms with van der Waals surface area (Å²) in [5, 5.41) is 22.8. The fourth-order valence-corrected chi connectivity index (χ4v) is 7.49. The van der Waals surface area contributed by atoms with Crippen LogP contribution < -0.4 is 0 Å². The minimum Gasteiger partial charge on any atom is -0.143 e. The maximum Gasteiger partial charge on any atom is 0.150 e. The Labute approximate surface area is 248 Å². The predicted molar refractivity (Wildman–Crippen MR) is 158 cm³/mol. The molecule has 0 N–H and O–H groups in total. The van der Waals surface area contributed by atoms with E-state index in [-0.39, 0.29) is 30.1 Å². The molecule has 0 amide bonds. The van der Waals surface area contributed by atoms with E-state index in [1.807, 2.05) is 0 Å². The van der Waals surface area contributed by atoms with Crippen molar-refractivity contribution in [1.29, 1.82) is 0 Å². The van der Waals surface area contributed by atoms with Crippen LogP contribution in [0, 0.1) is 0 Å². The zero-order valence-corrected chi connectivity index (χ0v) is 25.7. The van der Waals surface area contributed by atoms with Gasteiger partial charge in [-0.15, -0.1) is 20.4 Å². The van der Waals surface area contributed by atoms with E-state index in [2.05, 4.69) is 34.2 Å². The first-order valence-electron chi connectivity index (χ1n) is 11.6. The van der Waals surface area contributed by atoms with Gasteiger partial charge in [-0.2, -0.15) is 0 Å². The van der Waals surface area contributed by atoms with Crippen LogP contribution in [0.25, 0.3) is 31.9 Å². The lowest BCUT2D eigenvalue weighted by molar-refractivity contribution is 0.710. The van der Waals surface area contributed by atoms with Crippen LogP contribution in [0.5, 0.6) is 0 Å². The summed E-state index contributed by atoms with van der Waals surface area (Å²) in [5.41, 5.74) is 1.05. The summed E-state index contributed by atoms with van der Waals surface area (Å²) >= 11 is 43.3. The molecule has 4 nitrogen and oxygen atoms in total. The van der Waals surface area contributed by atoms with E-state index in [1.54, 1.807) is 0 Å². The summed E-state index contributed by atoms with van der Waals surface area (Å²) in [5.74, 6) is 0. The second kappa shape index (κ2) is 12.6. The second-order valence-corrected chi connectivity index (χ2v) is 12.7. The molecule has 0 unspecified atom stereocenters. The Morgan fingerprint density at radius 1 is 0.500 bits per heavy atom. The van der Waals surface area contributed by atoms with Crippen molar-refractivity contribution in [2.45, 2.75) is 65.2 Å². The molecule has 0 spiro atoms. The Hall–Kier alpha value is -0.440. The quantitative estimate of drug-likeness (QED) is 0.128. The van der Waals surface area contributed by atoms with Crippen LogP contribution in [0.3, 0.4) is 0 Å². The molecule has 4 aromatic rings. The maximum absolute atomic E-state index is 6.79. The van der Waals surface area contributed by atoms with Crippen molar-refractivity contribution >= 4 is 103 Å². The van der Waals surface area contributed by atoms with Crippen LogP contribution in [-0.4, -0.2) is 20.4 Å². The molecule has 2 aromatic heterocycles. The van der Waals surface area contributed by atoms with Gasteiger partial charge in [-0.1, -0.05) is 132 Å². The standard InChI is InChI=1S/C24H22Cl6N4S2/c1-3-5-7-9-11-31-33-23(35-11)15-13-14(18(26)21(29)19(15)27)16(20(28)22(30)17(13)25)24-34-32-12(36-24)10-8-6-4-2/h3-10H2,1-2H3. The first kappa shape index (κ1) is 28.6. The van der Waals surface area contributed by atoms with Crippen LogP contribution in [0.1, 0.15) is 62.4 Å². The highest BCUT2D eigenvalue weighted by atomic mass is 35.5. The molecule has 2 heterocycles. The number of unbranched alkanes of at least 4 members (excludes halogenated alkanes) is 4. The maximum atomic E-state index is 6.79. The van der Waals surface area contributed by atoms with Crippen LogP contribution in [0.15, 0.2) is 0 Å². The summed E-state index contributed by atoms with van der Waals surface area (Å²) < 4.78 is 0. The highest BCUT2D eigenvalue weighted by Crippen LogP contribution is 2.55. The number of benzene rings is 2. The molecule has 192 valence electrons. The molecule has 0 bridgehead atoms. The summed E-state index contributed by atoms with van der Waals surface area (Å²) in [4.78, 5) is 0. The molecular weight excluding hydrogens is 621 g/mol. The van der Waals surface area contributed by atoms with E-state index < -0.39 is 0 Å². The number of aromatic nitrogens is 4. The van der Waals surface area contributed by atoms with Gasteiger partial charge in [0.25, 0.3) is 0 Å². The predicted octanol–water partition coefficient (Wildman–Crippen LogP) is 11.3. The number of halogens is 6. The Morgan fingerprint density at radius 2 is 0.889 bits per heavy atom. The Balaban J connectivity index is 1.95. The van der Waals surface area contributed by atoms with Gasteiger partial charge in [-0.25, -0.2) is 0 Å². The van der Waals surface area contributed by atoms with Crippen molar-refractivity contribution in [3.8, 4) is 21.1 Å². The van der Waals surface area contributed by atoms with Crippen molar-refractivity contribution < 1.29 is 0 Å². The van der Waals surface area contributed by atoms with Crippen molar-refractivity contribution in [2.75, 3.05) is 0 Å². The second-order valence-electron chi connectivity index (χ2n) is 8.30. The summed E-state index contributed by atoms with van der Waals surface area (Å²) in [6, 6.07) is 0. The number of nitrogens with zero attached hydrogens (tertiary/aromatic N) is 4. The number of hydrogen-bond donors (Lipinski definition) is 0. The molecule has 0 aliphatic carbocycles. The van der Waals surface area contributed by atoms with Gasteiger partial charge in [-0.05, 0) is 12.8 Å². The lowest BCUT2D eigenvalue weighted by Crippen LogP contribution is -1.93. The first-order valence-corrected chi connectivity index (χ1v) is 15.5. The SMILES string of the molecule is CCCCCc1nnc(-c2c(Cl)c(Cl)c(Cl)c3c(-c4nnc(CCCCC)s4)c(Cl)c(Cl)c(Cl)c23)s1. The van der Waals surface area contributed by atoms with Gasteiger partial charge >= 0.3 is 0 Å². The molecule has 4 rings (SSSR count).